The second kappa shape index (κ2) is 7.30. The smallest absolute Gasteiger partial charge is 0.0969 e. The van der Waals surface area contributed by atoms with Gasteiger partial charge in [0.05, 0.1) is 17.8 Å². The second-order valence-electron chi connectivity index (χ2n) is 8.78. The van der Waals surface area contributed by atoms with Crippen LogP contribution in [0.5, 0.6) is 0 Å². The van der Waals surface area contributed by atoms with Crippen LogP contribution in [0.1, 0.15) is 38.3 Å². The number of rotatable bonds is 4. The van der Waals surface area contributed by atoms with Crippen molar-refractivity contribution < 1.29 is 9.47 Å². The number of benzene rings is 1. The Morgan fingerprint density at radius 3 is 2.65 bits per heavy atom. The van der Waals surface area contributed by atoms with E-state index in [1.165, 1.54) is 16.7 Å². The highest BCUT2D eigenvalue weighted by molar-refractivity contribution is 5.38. The summed E-state index contributed by atoms with van der Waals surface area (Å²) in [5, 5.41) is 0. The van der Waals surface area contributed by atoms with Crippen LogP contribution in [0.15, 0.2) is 48.1 Å². The zero-order chi connectivity index (χ0) is 18.1. The largest absolute Gasteiger partial charge is 0.374 e. The van der Waals surface area contributed by atoms with Crippen LogP contribution in [0, 0.1) is 5.92 Å². The van der Waals surface area contributed by atoms with Crippen molar-refractivity contribution in [2.45, 2.75) is 58.0 Å². The van der Waals surface area contributed by atoms with Crippen molar-refractivity contribution >= 4 is 0 Å². The molecule has 0 N–H and O–H groups in total. The van der Waals surface area contributed by atoms with Gasteiger partial charge in [-0.15, -0.1) is 0 Å². The Hall–Kier alpha value is -1.42. The predicted molar refractivity (Wildman–Crippen MR) is 105 cm³/mol. The minimum absolute atomic E-state index is 0.122. The molecule has 1 fully saturated rings. The number of nitrogens with zero attached hydrogens (tertiary/aromatic N) is 1. The highest BCUT2D eigenvalue weighted by Crippen LogP contribution is 2.36. The lowest BCUT2D eigenvalue weighted by molar-refractivity contribution is -0.175. The van der Waals surface area contributed by atoms with Gasteiger partial charge in [-0.1, -0.05) is 42.5 Å². The minimum atomic E-state index is -0.162. The molecule has 4 rings (SSSR count). The number of hydrogen-bond acceptors (Lipinski definition) is 3. The molecule has 1 aromatic rings. The van der Waals surface area contributed by atoms with Crippen LogP contribution in [0.25, 0.3) is 0 Å². The maximum absolute atomic E-state index is 6.55. The van der Waals surface area contributed by atoms with Gasteiger partial charge in [-0.05, 0) is 50.3 Å². The van der Waals surface area contributed by atoms with E-state index in [1.54, 1.807) is 0 Å². The Labute approximate surface area is 157 Å². The van der Waals surface area contributed by atoms with E-state index >= 15 is 0 Å². The van der Waals surface area contributed by atoms with Crippen LogP contribution in [-0.2, 0) is 22.4 Å². The predicted octanol–water partition coefficient (Wildman–Crippen LogP) is 4.13. The third-order valence-electron chi connectivity index (χ3n) is 5.67. The average molecular weight is 354 g/mol. The van der Waals surface area contributed by atoms with E-state index in [0.29, 0.717) is 5.92 Å². The first-order valence-corrected chi connectivity index (χ1v) is 9.96. The molecule has 2 heterocycles. The highest BCUT2D eigenvalue weighted by atomic mass is 16.6. The standard InChI is InChI=1S/C23H31NO2/c1-23(2,3)26-22-20(18-9-6-10-18)12-14-25-21(22)16-24-13-11-17-7-4-5-8-19(17)15-24/h4-10,20-22H,11-16H2,1-3H3/t20-,21+,22+/m0/s1. The maximum atomic E-state index is 6.55. The topological polar surface area (TPSA) is 21.7 Å². The van der Waals surface area contributed by atoms with Gasteiger partial charge < -0.3 is 9.47 Å². The van der Waals surface area contributed by atoms with E-state index in [9.17, 15) is 0 Å². The number of hydrogen-bond donors (Lipinski definition) is 0. The molecular weight excluding hydrogens is 322 g/mol. The first kappa shape index (κ1) is 18.0. The van der Waals surface area contributed by atoms with Gasteiger partial charge >= 0.3 is 0 Å². The molecule has 0 bridgehead atoms. The molecule has 1 saturated heterocycles. The Morgan fingerprint density at radius 2 is 1.96 bits per heavy atom. The Morgan fingerprint density at radius 1 is 1.19 bits per heavy atom. The van der Waals surface area contributed by atoms with E-state index in [4.69, 9.17) is 9.47 Å². The molecule has 3 heteroatoms. The lowest BCUT2D eigenvalue weighted by Gasteiger charge is -2.44. The van der Waals surface area contributed by atoms with Crippen LogP contribution in [-0.4, -0.2) is 42.4 Å². The molecule has 2 aliphatic heterocycles. The molecule has 3 nitrogen and oxygen atoms in total. The lowest BCUT2D eigenvalue weighted by atomic mass is 9.81. The van der Waals surface area contributed by atoms with Gasteiger partial charge in [0.15, 0.2) is 0 Å². The number of allylic oxidation sites excluding steroid dienone is 3. The summed E-state index contributed by atoms with van der Waals surface area (Å²) in [6.45, 7) is 10.4. The van der Waals surface area contributed by atoms with Gasteiger partial charge in [-0.25, -0.2) is 0 Å². The summed E-state index contributed by atoms with van der Waals surface area (Å²) in [4.78, 5) is 2.54. The summed E-state index contributed by atoms with van der Waals surface area (Å²) in [6, 6.07) is 8.83. The lowest BCUT2D eigenvalue weighted by Crippen LogP contribution is -2.52. The van der Waals surface area contributed by atoms with E-state index in [0.717, 1.165) is 39.1 Å². The molecule has 0 radical (unpaired) electrons. The first-order valence-electron chi connectivity index (χ1n) is 9.96. The van der Waals surface area contributed by atoms with Gasteiger partial charge in [0.25, 0.3) is 0 Å². The molecule has 1 aliphatic carbocycles. The van der Waals surface area contributed by atoms with Crippen molar-refractivity contribution in [3.8, 4) is 0 Å². The monoisotopic (exact) mass is 353 g/mol. The van der Waals surface area contributed by atoms with Gasteiger partial charge in [0.2, 0.25) is 0 Å². The normalized spacial score (nSPS) is 29.0. The fourth-order valence-electron chi connectivity index (χ4n) is 4.36. The van der Waals surface area contributed by atoms with Gasteiger partial charge in [-0.3, -0.25) is 4.90 Å². The average Bonchev–Trinajstić information content (AvgIpc) is 2.55. The molecule has 0 unspecified atom stereocenters. The molecule has 1 aromatic carbocycles. The van der Waals surface area contributed by atoms with E-state index in [2.05, 4.69) is 68.2 Å². The van der Waals surface area contributed by atoms with Gasteiger partial charge in [0.1, 0.15) is 0 Å². The number of fused-ring (bicyclic) bond motifs is 1. The quantitative estimate of drug-likeness (QED) is 0.812. The molecule has 0 amide bonds. The third-order valence-corrected chi connectivity index (χ3v) is 5.67. The van der Waals surface area contributed by atoms with Crippen LogP contribution in [0.2, 0.25) is 0 Å². The molecule has 0 spiro atoms. The van der Waals surface area contributed by atoms with Crippen molar-refractivity contribution in [3.63, 3.8) is 0 Å². The van der Waals surface area contributed by atoms with Crippen molar-refractivity contribution in [2.75, 3.05) is 19.7 Å². The first-order chi connectivity index (χ1) is 12.5. The Kier molecular flexibility index (Phi) is 5.05. The van der Waals surface area contributed by atoms with Gasteiger partial charge in [-0.2, -0.15) is 0 Å². The zero-order valence-corrected chi connectivity index (χ0v) is 16.3. The third kappa shape index (κ3) is 3.95. The molecule has 3 atom stereocenters. The van der Waals surface area contributed by atoms with Crippen LogP contribution in [0.3, 0.4) is 0 Å². The summed E-state index contributed by atoms with van der Waals surface area (Å²) in [7, 11) is 0. The molecule has 0 aromatic heterocycles. The minimum Gasteiger partial charge on any atom is -0.374 e. The fraction of sp³-hybridized carbons (Fsp3) is 0.565. The summed E-state index contributed by atoms with van der Waals surface area (Å²) >= 11 is 0. The zero-order valence-electron chi connectivity index (χ0n) is 16.3. The van der Waals surface area contributed by atoms with Crippen molar-refractivity contribution in [3.05, 3.63) is 59.2 Å². The fourth-order valence-corrected chi connectivity index (χ4v) is 4.36. The Balaban J connectivity index is 1.48. The van der Waals surface area contributed by atoms with E-state index < -0.39 is 0 Å². The maximum Gasteiger partial charge on any atom is 0.0969 e. The van der Waals surface area contributed by atoms with Crippen molar-refractivity contribution in [1.82, 2.24) is 4.90 Å². The van der Waals surface area contributed by atoms with Crippen LogP contribution >= 0.6 is 0 Å². The van der Waals surface area contributed by atoms with Crippen molar-refractivity contribution in [1.29, 1.82) is 0 Å². The summed E-state index contributed by atoms with van der Waals surface area (Å²) in [6.07, 6.45) is 9.05. The SMILES string of the molecule is CC(C)(C)O[C@H]1[C@@H](CN2CCc3ccccc3C2)OCC[C@H]1C1=CC=C1. The molecule has 140 valence electrons. The Bertz CT molecular complexity index is 700. The number of ether oxygens (including phenoxy) is 2. The van der Waals surface area contributed by atoms with E-state index in [1.807, 2.05) is 0 Å². The highest BCUT2D eigenvalue weighted by Gasteiger charge is 2.40. The molecule has 0 saturated carbocycles. The summed E-state index contributed by atoms with van der Waals surface area (Å²) in [5.74, 6) is 0.454. The van der Waals surface area contributed by atoms with Crippen LogP contribution in [0.4, 0.5) is 0 Å². The molecule has 26 heavy (non-hydrogen) atoms. The molecular formula is C23H31NO2. The summed E-state index contributed by atoms with van der Waals surface area (Å²) < 4.78 is 12.8. The van der Waals surface area contributed by atoms with Gasteiger partial charge in [0, 0.05) is 32.2 Å². The van der Waals surface area contributed by atoms with Crippen LogP contribution < -0.4 is 0 Å². The second-order valence-corrected chi connectivity index (χ2v) is 8.78. The molecule has 3 aliphatic rings. The van der Waals surface area contributed by atoms with E-state index in [-0.39, 0.29) is 17.8 Å². The summed E-state index contributed by atoms with van der Waals surface area (Å²) in [5.41, 5.74) is 4.23. The van der Waals surface area contributed by atoms with Crippen molar-refractivity contribution in [2.24, 2.45) is 5.92 Å².